The summed E-state index contributed by atoms with van der Waals surface area (Å²) >= 11 is 0. The molecule has 1 atom stereocenters. The second-order valence-electron chi connectivity index (χ2n) is 3.81. The predicted molar refractivity (Wildman–Crippen MR) is 63.6 cm³/mol. The molecule has 2 aromatic rings. The minimum Gasteiger partial charge on any atom is -0.324 e. The maximum absolute atomic E-state index is 6.14. The topological polar surface area (TPSA) is 38.9 Å². The van der Waals surface area contributed by atoms with Crippen LogP contribution in [0.5, 0.6) is 0 Å². The molecule has 0 aliphatic carbocycles. The van der Waals surface area contributed by atoms with E-state index in [-0.39, 0.29) is 6.04 Å². The van der Waals surface area contributed by atoms with Crippen molar-refractivity contribution in [2.45, 2.75) is 25.8 Å². The third-order valence-electron chi connectivity index (χ3n) is 2.68. The third kappa shape index (κ3) is 2.00. The van der Waals surface area contributed by atoms with Crippen LogP contribution >= 0.6 is 0 Å². The van der Waals surface area contributed by atoms with Crippen molar-refractivity contribution in [3.8, 4) is 0 Å². The molecule has 0 saturated carbocycles. The SMILES string of the molecule is CCC[C@@H](N)c1ccnc2ccccc12. The third-order valence-corrected chi connectivity index (χ3v) is 2.68. The van der Waals surface area contributed by atoms with Gasteiger partial charge in [-0.15, -0.1) is 0 Å². The Hall–Kier alpha value is -1.41. The van der Waals surface area contributed by atoms with E-state index >= 15 is 0 Å². The Bertz CT molecular complexity index is 446. The molecule has 0 unspecified atom stereocenters. The Morgan fingerprint density at radius 1 is 1.27 bits per heavy atom. The van der Waals surface area contributed by atoms with Crippen molar-refractivity contribution in [3.63, 3.8) is 0 Å². The molecule has 0 bridgehead atoms. The highest BCUT2D eigenvalue weighted by atomic mass is 14.7. The molecule has 0 spiro atoms. The molecule has 1 aromatic carbocycles. The number of aromatic nitrogens is 1. The minimum atomic E-state index is 0.128. The molecule has 1 heterocycles. The summed E-state index contributed by atoms with van der Waals surface area (Å²) in [5, 5.41) is 1.18. The molecule has 78 valence electrons. The summed E-state index contributed by atoms with van der Waals surface area (Å²) in [6.45, 7) is 2.16. The number of hydrogen-bond acceptors (Lipinski definition) is 2. The number of nitrogens with zero attached hydrogens (tertiary/aromatic N) is 1. The van der Waals surface area contributed by atoms with Crippen LogP contribution in [0.4, 0.5) is 0 Å². The zero-order valence-corrected chi connectivity index (χ0v) is 8.98. The molecule has 2 nitrogen and oxygen atoms in total. The monoisotopic (exact) mass is 200 g/mol. The van der Waals surface area contributed by atoms with Gasteiger partial charge in [-0.1, -0.05) is 31.5 Å². The van der Waals surface area contributed by atoms with Crippen LogP contribution in [0.15, 0.2) is 36.5 Å². The summed E-state index contributed by atoms with van der Waals surface area (Å²) in [4.78, 5) is 4.33. The van der Waals surface area contributed by atoms with E-state index in [0.717, 1.165) is 18.4 Å². The van der Waals surface area contributed by atoms with E-state index < -0.39 is 0 Å². The number of nitrogens with two attached hydrogens (primary N) is 1. The molecular weight excluding hydrogens is 184 g/mol. The van der Waals surface area contributed by atoms with Crippen molar-refractivity contribution in [2.75, 3.05) is 0 Å². The highest BCUT2D eigenvalue weighted by Crippen LogP contribution is 2.23. The minimum absolute atomic E-state index is 0.128. The molecule has 2 N–H and O–H groups in total. The Morgan fingerprint density at radius 2 is 2.07 bits per heavy atom. The van der Waals surface area contributed by atoms with Gasteiger partial charge in [-0.25, -0.2) is 0 Å². The van der Waals surface area contributed by atoms with Gasteiger partial charge in [-0.3, -0.25) is 4.98 Å². The van der Waals surface area contributed by atoms with Crippen LogP contribution in [0, 0.1) is 0 Å². The van der Waals surface area contributed by atoms with Crippen LogP contribution in [-0.2, 0) is 0 Å². The van der Waals surface area contributed by atoms with Crippen LogP contribution in [0.3, 0.4) is 0 Å². The van der Waals surface area contributed by atoms with Gasteiger partial charge in [0.1, 0.15) is 0 Å². The molecule has 15 heavy (non-hydrogen) atoms. The number of benzene rings is 1. The molecule has 0 saturated heterocycles. The van der Waals surface area contributed by atoms with Crippen LogP contribution < -0.4 is 5.73 Å². The van der Waals surface area contributed by atoms with Crippen molar-refractivity contribution in [1.82, 2.24) is 4.98 Å². The molecule has 2 heteroatoms. The zero-order valence-electron chi connectivity index (χ0n) is 8.98. The van der Waals surface area contributed by atoms with E-state index in [2.05, 4.69) is 18.0 Å². The van der Waals surface area contributed by atoms with Gasteiger partial charge in [0, 0.05) is 17.6 Å². The summed E-state index contributed by atoms with van der Waals surface area (Å²) in [5.74, 6) is 0. The number of hydrogen-bond donors (Lipinski definition) is 1. The molecule has 0 aliphatic heterocycles. The van der Waals surface area contributed by atoms with E-state index in [1.807, 2.05) is 30.5 Å². The summed E-state index contributed by atoms with van der Waals surface area (Å²) in [6, 6.07) is 10.3. The Kier molecular flexibility index (Phi) is 2.97. The first-order chi connectivity index (χ1) is 7.33. The van der Waals surface area contributed by atoms with E-state index in [1.54, 1.807) is 0 Å². The van der Waals surface area contributed by atoms with Gasteiger partial charge in [0.25, 0.3) is 0 Å². The van der Waals surface area contributed by atoms with Crippen molar-refractivity contribution < 1.29 is 0 Å². The molecule has 1 aromatic heterocycles. The quantitative estimate of drug-likeness (QED) is 0.827. The van der Waals surface area contributed by atoms with E-state index in [0.29, 0.717) is 0 Å². The summed E-state index contributed by atoms with van der Waals surface area (Å²) in [7, 11) is 0. The van der Waals surface area contributed by atoms with Crippen LogP contribution in [-0.4, -0.2) is 4.98 Å². The van der Waals surface area contributed by atoms with Gasteiger partial charge in [-0.05, 0) is 24.1 Å². The Balaban J connectivity index is 2.50. The van der Waals surface area contributed by atoms with E-state index in [9.17, 15) is 0 Å². The zero-order chi connectivity index (χ0) is 10.7. The van der Waals surface area contributed by atoms with Crippen molar-refractivity contribution >= 4 is 10.9 Å². The average Bonchev–Trinajstić information content (AvgIpc) is 2.28. The first kappa shape index (κ1) is 10.1. The smallest absolute Gasteiger partial charge is 0.0705 e. The lowest BCUT2D eigenvalue weighted by Gasteiger charge is -2.12. The maximum atomic E-state index is 6.14. The Morgan fingerprint density at radius 3 is 2.87 bits per heavy atom. The fourth-order valence-electron chi connectivity index (χ4n) is 1.91. The van der Waals surface area contributed by atoms with Crippen molar-refractivity contribution in [3.05, 3.63) is 42.1 Å². The summed E-state index contributed by atoms with van der Waals surface area (Å²) in [5.41, 5.74) is 8.38. The van der Waals surface area contributed by atoms with Gasteiger partial charge < -0.3 is 5.73 Å². The second-order valence-corrected chi connectivity index (χ2v) is 3.81. The largest absolute Gasteiger partial charge is 0.324 e. The van der Waals surface area contributed by atoms with Gasteiger partial charge in [0.2, 0.25) is 0 Å². The fraction of sp³-hybridized carbons (Fsp3) is 0.308. The van der Waals surface area contributed by atoms with Crippen LogP contribution in [0.1, 0.15) is 31.4 Å². The molecule has 0 fully saturated rings. The lowest BCUT2D eigenvalue weighted by atomic mass is 9.99. The van der Waals surface area contributed by atoms with E-state index in [4.69, 9.17) is 5.73 Å². The highest BCUT2D eigenvalue weighted by Gasteiger charge is 2.08. The van der Waals surface area contributed by atoms with E-state index in [1.165, 1.54) is 10.9 Å². The lowest BCUT2D eigenvalue weighted by Crippen LogP contribution is -2.10. The molecule has 0 aliphatic rings. The van der Waals surface area contributed by atoms with Crippen molar-refractivity contribution in [1.29, 1.82) is 0 Å². The number of fused-ring (bicyclic) bond motifs is 1. The molecule has 0 amide bonds. The molecule has 0 radical (unpaired) electrons. The first-order valence-electron chi connectivity index (χ1n) is 5.42. The second kappa shape index (κ2) is 4.41. The van der Waals surface area contributed by atoms with Crippen molar-refractivity contribution in [2.24, 2.45) is 5.73 Å². The number of pyridine rings is 1. The first-order valence-corrected chi connectivity index (χ1v) is 5.42. The normalized spacial score (nSPS) is 12.9. The maximum Gasteiger partial charge on any atom is 0.0705 e. The number of para-hydroxylation sites is 1. The summed E-state index contributed by atoms with van der Waals surface area (Å²) in [6.07, 6.45) is 3.97. The predicted octanol–water partition coefficient (Wildman–Crippen LogP) is 3.03. The molecular formula is C13H16N2. The lowest BCUT2D eigenvalue weighted by molar-refractivity contribution is 0.642. The number of rotatable bonds is 3. The average molecular weight is 200 g/mol. The van der Waals surface area contributed by atoms with Gasteiger partial charge >= 0.3 is 0 Å². The summed E-state index contributed by atoms with van der Waals surface area (Å²) < 4.78 is 0. The van der Waals surface area contributed by atoms with Gasteiger partial charge in [0.05, 0.1) is 5.52 Å². The van der Waals surface area contributed by atoms with Crippen LogP contribution in [0.2, 0.25) is 0 Å². The highest BCUT2D eigenvalue weighted by molar-refractivity contribution is 5.82. The van der Waals surface area contributed by atoms with Gasteiger partial charge in [0.15, 0.2) is 0 Å². The molecule has 2 rings (SSSR count). The van der Waals surface area contributed by atoms with Gasteiger partial charge in [-0.2, -0.15) is 0 Å². The standard InChI is InChI=1S/C13H16N2/c1-2-5-12(14)10-8-9-15-13-7-4-3-6-11(10)13/h3-4,6-9,12H,2,5,14H2,1H3/t12-/m1/s1. The van der Waals surface area contributed by atoms with Crippen LogP contribution in [0.25, 0.3) is 10.9 Å². The fourth-order valence-corrected chi connectivity index (χ4v) is 1.91. The Labute approximate surface area is 90.1 Å².